The van der Waals surface area contributed by atoms with Crippen LogP contribution in [0.2, 0.25) is 0 Å². The Kier molecular flexibility index (Phi) is 6.07. The normalized spacial score (nSPS) is 12.2. The molecule has 0 saturated carbocycles. The van der Waals surface area contributed by atoms with Gasteiger partial charge in [-0.25, -0.2) is 8.78 Å². The van der Waals surface area contributed by atoms with E-state index in [1.54, 1.807) is 0 Å². The minimum absolute atomic E-state index is 0.00205. The first kappa shape index (κ1) is 14.9. The molecule has 2 N–H and O–H groups in total. The highest BCUT2D eigenvalue weighted by atomic mass is 32.2. The minimum Gasteiger partial charge on any atom is -0.396 e. The van der Waals surface area contributed by atoms with Gasteiger partial charge < -0.3 is 10.4 Å². The SMILES string of the molecule is CC(CO)CNC(=O)CSc1ccc(F)c(F)c1. The molecule has 0 aliphatic carbocycles. The number of hydrogen-bond donors (Lipinski definition) is 2. The molecule has 1 aromatic rings. The van der Waals surface area contributed by atoms with E-state index in [1.807, 2.05) is 6.92 Å². The van der Waals surface area contributed by atoms with Crippen molar-refractivity contribution >= 4 is 17.7 Å². The lowest BCUT2D eigenvalue weighted by molar-refractivity contribution is -0.118. The summed E-state index contributed by atoms with van der Waals surface area (Å²) in [5.74, 6) is -1.90. The van der Waals surface area contributed by atoms with E-state index in [1.165, 1.54) is 6.07 Å². The van der Waals surface area contributed by atoms with Gasteiger partial charge in [0.15, 0.2) is 11.6 Å². The molecular formula is C12H15F2NO2S. The van der Waals surface area contributed by atoms with Crippen LogP contribution < -0.4 is 5.32 Å². The van der Waals surface area contributed by atoms with Crippen molar-refractivity contribution in [3.05, 3.63) is 29.8 Å². The van der Waals surface area contributed by atoms with E-state index < -0.39 is 11.6 Å². The fraction of sp³-hybridized carbons (Fsp3) is 0.417. The lowest BCUT2D eigenvalue weighted by Crippen LogP contribution is -2.30. The van der Waals surface area contributed by atoms with Gasteiger partial charge >= 0.3 is 0 Å². The summed E-state index contributed by atoms with van der Waals surface area (Å²) in [4.78, 5) is 11.9. The summed E-state index contributed by atoms with van der Waals surface area (Å²) in [6, 6.07) is 3.51. The molecule has 18 heavy (non-hydrogen) atoms. The monoisotopic (exact) mass is 275 g/mol. The maximum Gasteiger partial charge on any atom is 0.230 e. The summed E-state index contributed by atoms with van der Waals surface area (Å²) in [7, 11) is 0. The average molecular weight is 275 g/mol. The number of aliphatic hydroxyl groups excluding tert-OH is 1. The molecule has 1 aromatic carbocycles. The molecule has 1 unspecified atom stereocenters. The van der Waals surface area contributed by atoms with Gasteiger partial charge in [0, 0.05) is 18.0 Å². The van der Waals surface area contributed by atoms with E-state index in [2.05, 4.69) is 5.32 Å². The molecule has 0 heterocycles. The van der Waals surface area contributed by atoms with Crippen molar-refractivity contribution < 1.29 is 18.7 Å². The molecular weight excluding hydrogens is 260 g/mol. The predicted molar refractivity (Wildman–Crippen MR) is 66.3 cm³/mol. The third kappa shape index (κ3) is 5.01. The lowest BCUT2D eigenvalue weighted by Gasteiger charge is -2.09. The number of thioether (sulfide) groups is 1. The van der Waals surface area contributed by atoms with Crippen LogP contribution in [0.1, 0.15) is 6.92 Å². The van der Waals surface area contributed by atoms with Crippen LogP contribution in [0, 0.1) is 17.6 Å². The fourth-order valence-electron chi connectivity index (χ4n) is 1.12. The van der Waals surface area contributed by atoms with Crippen molar-refractivity contribution in [2.45, 2.75) is 11.8 Å². The molecule has 1 amide bonds. The van der Waals surface area contributed by atoms with Crippen LogP contribution in [0.4, 0.5) is 8.78 Å². The van der Waals surface area contributed by atoms with Gasteiger partial charge in [-0.15, -0.1) is 11.8 Å². The zero-order chi connectivity index (χ0) is 13.5. The Morgan fingerprint density at radius 2 is 2.17 bits per heavy atom. The van der Waals surface area contributed by atoms with Crippen molar-refractivity contribution in [1.29, 1.82) is 0 Å². The first-order valence-electron chi connectivity index (χ1n) is 5.48. The maximum absolute atomic E-state index is 12.9. The Morgan fingerprint density at radius 3 is 2.78 bits per heavy atom. The van der Waals surface area contributed by atoms with Crippen LogP contribution in [0.15, 0.2) is 23.1 Å². The summed E-state index contributed by atoms with van der Waals surface area (Å²) in [5, 5.41) is 11.4. The topological polar surface area (TPSA) is 49.3 Å². The summed E-state index contributed by atoms with van der Waals surface area (Å²) in [5.41, 5.74) is 0. The number of amides is 1. The Bertz CT molecular complexity index is 415. The molecule has 1 atom stereocenters. The first-order chi connectivity index (χ1) is 8.52. The number of rotatable bonds is 6. The van der Waals surface area contributed by atoms with Crippen LogP contribution in [0.5, 0.6) is 0 Å². The van der Waals surface area contributed by atoms with Crippen molar-refractivity contribution in [2.75, 3.05) is 18.9 Å². The van der Waals surface area contributed by atoms with E-state index in [0.29, 0.717) is 11.4 Å². The van der Waals surface area contributed by atoms with E-state index in [4.69, 9.17) is 5.11 Å². The fourth-order valence-corrected chi connectivity index (χ4v) is 1.87. The number of nitrogens with one attached hydrogen (secondary N) is 1. The zero-order valence-electron chi connectivity index (χ0n) is 9.95. The average Bonchev–Trinajstić information content (AvgIpc) is 2.37. The van der Waals surface area contributed by atoms with Crippen LogP contribution in [-0.2, 0) is 4.79 Å². The highest BCUT2D eigenvalue weighted by Crippen LogP contribution is 2.19. The van der Waals surface area contributed by atoms with Gasteiger partial charge in [-0.1, -0.05) is 6.92 Å². The quantitative estimate of drug-likeness (QED) is 0.778. The van der Waals surface area contributed by atoms with Crippen molar-refractivity contribution in [2.24, 2.45) is 5.92 Å². The molecule has 0 fully saturated rings. The van der Waals surface area contributed by atoms with Gasteiger partial charge in [0.2, 0.25) is 5.91 Å². The van der Waals surface area contributed by atoms with Gasteiger partial charge in [0.1, 0.15) is 0 Å². The van der Waals surface area contributed by atoms with Gasteiger partial charge in [-0.3, -0.25) is 4.79 Å². The minimum atomic E-state index is -0.922. The summed E-state index contributed by atoms with van der Waals surface area (Å²) in [6.07, 6.45) is 0. The molecule has 0 saturated heterocycles. The molecule has 0 aliphatic rings. The second kappa shape index (κ2) is 7.33. The second-order valence-corrected chi connectivity index (χ2v) is 5.01. The smallest absolute Gasteiger partial charge is 0.230 e. The number of carbonyl (C=O) groups is 1. The molecule has 100 valence electrons. The van der Waals surface area contributed by atoms with Gasteiger partial charge in [-0.05, 0) is 24.1 Å². The number of hydrogen-bond acceptors (Lipinski definition) is 3. The van der Waals surface area contributed by atoms with Crippen molar-refractivity contribution in [3.8, 4) is 0 Å². The van der Waals surface area contributed by atoms with Gasteiger partial charge in [0.25, 0.3) is 0 Å². The number of aliphatic hydroxyl groups is 1. The largest absolute Gasteiger partial charge is 0.396 e. The molecule has 0 aromatic heterocycles. The third-order valence-corrected chi connectivity index (χ3v) is 3.21. The predicted octanol–water partition coefficient (Wildman–Crippen LogP) is 1.80. The molecule has 0 radical (unpaired) electrons. The Balaban J connectivity index is 2.36. The molecule has 0 bridgehead atoms. The van der Waals surface area contributed by atoms with E-state index in [9.17, 15) is 13.6 Å². The first-order valence-corrected chi connectivity index (χ1v) is 6.47. The van der Waals surface area contributed by atoms with Crippen LogP contribution in [0.3, 0.4) is 0 Å². The van der Waals surface area contributed by atoms with Crippen LogP contribution >= 0.6 is 11.8 Å². The summed E-state index contributed by atoms with van der Waals surface area (Å²) < 4.78 is 25.5. The molecule has 3 nitrogen and oxygen atoms in total. The maximum atomic E-state index is 12.9. The standard InChI is InChI=1S/C12H15F2NO2S/c1-8(6-16)5-15-12(17)7-18-9-2-3-10(13)11(14)4-9/h2-4,8,16H,5-7H2,1H3,(H,15,17). The third-order valence-electron chi connectivity index (χ3n) is 2.22. The summed E-state index contributed by atoms with van der Waals surface area (Å²) >= 11 is 1.13. The molecule has 0 spiro atoms. The van der Waals surface area contributed by atoms with Crippen LogP contribution in [-0.4, -0.2) is 29.9 Å². The van der Waals surface area contributed by atoms with Crippen LogP contribution in [0.25, 0.3) is 0 Å². The number of benzene rings is 1. The van der Waals surface area contributed by atoms with E-state index in [-0.39, 0.29) is 24.2 Å². The van der Waals surface area contributed by atoms with Gasteiger partial charge in [-0.2, -0.15) is 0 Å². The highest BCUT2D eigenvalue weighted by Gasteiger charge is 2.07. The lowest BCUT2D eigenvalue weighted by atomic mass is 10.2. The molecule has 0 aliphatic heterocycles. The van der Waals surface area contributed by atoms with Crippen molar-refractivity contribution in [1.82, 2.24) is 5.32 Å². The molecule has 6 heteroatoms. The van der Waals surface area contributed by atoms with Gasteiger partial charge in [0.05, 0.1) is 5.75 Å². The summed E-state index contributed by atoms with van der Waals surface area (Å²) in [6.45, 7) is 2.22. The zero-order valence-corrected chi connectivity index (χ0v) is 10.8. The Morgan fingerprint density at radius 1 is 1.44 bits per heavy atom. The van der Waals surface area contributed by atoms with E-state index >= 15 is 0 Å². The van der Waals surface area contributed by atoms with Crippen molar-refractivity contribution in [3.63, 3.8) is 0 Å². The second-order valence-electron chi connectivity index (χ2n) is 3.96. The Labute approximate surface area is 109 Å². The number of halogens is 2. The Hall–Kier alpha value is -1.14. The highest BCUT2D eigenvalue weighted by molar-refractivity contribution is 8.00. The number of carbonyl (C=O) groups excluding carboxylic acids is 1. The van der Waals surface area contributed by atoms with E-state index in [0.717, 1.165) is 23.9 Å². The molecule has 1 rings (SSSR count).